The molecule has 2 aromatic rings. The van der Waals surface area contributed by atoms with Gasteiger partial charge in [-0.2, -0.15) is 0 Å². The monoisotopic (exact) mass is 502 g/mol. The predicted octanol–water partition coefficient (Wildman–Crippen LogP) is 4.75. The molecule has 0 bridgehead atoms. The molecule has 186 valence electrons. The maximum Gasteiger partial charge on any atom is 0.338 e. The van der Waals surface area contributed by atoms with Crippen LogP contribution in [-0.4, -0.2) is 40.1 Å². The van der Waals surface area contributed by atoms with E-state index in [1.807, 2.05) is 55.3 Å². The predicted molar refractivity (Wildman–Crippen MR) is 143 cm³/mol. The fourth-order valence-electron chi connectivity index (χ4n) is 4.29. The maximum absolute atomic E-state index is 13.2. The Kier molecular flexibility index (Phi) is 8.05. The van der Waals surface area contributed by atoms with Crippen molar-refractivity contribution in [3.8, 4) is 0 Å². The zero-order chi connectivity index (χ0) is 25.7. The van der Waals surface area contributed by atoms with Gasteiger partial charge in [0.25, 0.3) is 0 Å². The highest BCUT2D eigenvalue weighted by atomic mass is 32.2. The van der Waals surface area contributed by atoms with E-state index in [9.17, 15) is 9.59 Å². The molecule has 0 saturated heterocycles. The molecule has 2 aliphatic heterocycles. The fraction of sp³-hybridized carbons (Fsp3) is 0.286. The van der Waals surface area contributed by atoms with Gasteiger partial charge in [-0.05, 0) is 49.4 Å². The van der Waals surface area contributed by atoms with Crippen LogP contribution in [0, 0.1) is 13.8 Å². The number of thioether (sulfide) groups is 1. The summed E-state index contributed by atoms with van der Waals surface area (Å²) in [6.07, 6.45) is 4.12. The van der Waals surface area contributed by atoms with E-state index in [0.717, 1.165) is 33.2 Å². The van der Waals surface area contributed by atoms with Crippen LogP contribution in [-0.2, 0) is 20.7 Å². The molecule has 1 aromatic heterocycles. The number of rotatable bonds is 9. The lowest BCUT2D eigenvalue weighted by atomic mass is 9.90. The van der Waals surface area contributed by atoms with Crippen molar-refractivity contribution in [1.29, 1.82) is 0 Å². The van der Waals surface area contributed by atoms with E-state index in [0.29, 0.717) is 24.2 Å². The molecule has 0 aliphatic carbocycles. The van der Waals surface area contributed by atoms with Gasteiger partial charge >= 0.3 is 5.97 Å². The number of aliphatic imine (C=N–C) groups is 1. The fourth-order valence-corrected chi connectivity index (χ4v) is 5.26. The van der Waals surface area contributed by atoms with Gasteiger partial charge in [-0.15, -0.1) is 0 Å². The Morgan fingerprint density at radius 1 is 1.22 bits per heavy atom. The zero-order valence-electron chi connectivity index (χ0n) is 20.8. The summed E-state index contributed by atoms with van der Waals surface area (Å²) in [6, 6.07) is 11.5. The molecule has 1 amide bonds. The van der Waals surface area contributed by atoms with Crippen LogP contribution >= 0.6 is 11.8 Å². The van der Waals surface area contributed by atoms with Crippen molar-refractivity contribution in [2.45, 2.75) is 39.7 Å². The lowest BCUT2D eigenvalue weighted by Crippen LogP contribution is -2.38. The molecule has 7 nitrogen and oxygen atoms in total. The summed E-state index contributed by atoms with van der Waals surface area (Å²) in [4.78, 5) is 37.1. The van der Waals surface area contributed by atoms with Gasteiger partial charge < -0.3 is 15.0 Å². The van der Waals surface area contributed by atoms with Gasteiger partial charge in [0.1, 0.15) is 6.61 Å². The Morgan fingerprint density at radius 2 is 2.06 bits per heavy atom. The average Bonchev–Trinajstić information content (AvgIpc) is 3.25. The second kappa shape index (κ2) is 11.4. The van der Waals surface area contributed by atoms with Crippen LogP contribution in [0.25, 0.3) is 0 Å². The van der Waals surface area contributed by atoms with Gasteiger partial charge in [0.2, 0.25) is 5.91 Å². The van der Waals surface area contributed by atoms with E-state index >= 15 is 0 Å². The SMILES string of the molecule is C=CCOC(=O)C1=C(C)N=C2SC=C(CC(=O)NCCc3ccccn3)N2C1c1cc(C)ccc1C. The van der Waals surface area contributed by atoms with Crippen molar-refractivity contribution in [3.63, 3.8) is 0 Å². The Bertz CT molecular complexity index is 1270. The molecule has 36 heavy (non-hydrogen) atoms. The van der Waals surface area contributed by atoms with Crippen molar-refractivity contribution >= 4 is 28.8 Å². The van der Waals surface area contributed by atoms with Gasteiger partial charge in [0.15, 0.2) is 5.17 Å². The topological polar surface area (TPSA) is 83.9 Å². The quantitative estimate of drug-likeness (QED) is 0.394. The number of esters is 1. The lowest BCUT2D eigenvalue weighted by molar-refractivity contribution is -0.138. The largest absolute Gasteiger partial charge is 0.458 e. The van der Waals surface area contributed by atoms with E-state index in [4.69, 9.17) is 9.73 Å². The van der Waals surface area contributed by atoms with Crippen LogP contribution in [0.3, 0.4) is 0 Å². The first-order valence-corrected chi connectivity index (χ1v) is 12.7. The highest BCUT2D eigenvalue weighted by Crippen LogP contribution is 2.45. The first-order valence-electron chi connectivity index (χ1n) is 11.8. The molecule has 1 N–H and O–H groups in total. The van der Waals surface area contributed by atoms with Gasteiger partial charge in [-0.25, -0.2) is 9.79 Å². The molecule has 3 heterocycles. The van der Waals surface area contributed by atoms with Gasteiger partial charge in [0.05, 0.1) is 23.7 Å². The number of hydrogen-bond donors (Lipinski definition) is 1. The summed E-state index contributed by atoms with van der Waals surface area (Å²) in [5.41, 5.74) is 5.92. The van der Waals surface area contributed by atoms with E-state index in [-0.39, 0.29) is 18.9 Å². The van der Waals surface area contributed by atoms with E-state index in [1.165, 1.54) is 11.8 Å². The number of benzene rings is 1. The third-order valence-corrected chi connectivity index (χ3v) is 6.94. The standard InChI is InChI=1S/C28H30N4O3S/c1-5-14-35-27(34)25-20(4)31-28-32(26(25)23-15-18(2)9-10-19(23)3)22(17-36-28)16-24(33)30-13-11-21-8-6-7-12-29-21/h5-10,12,15,17,26H,1,11,13-14,16H2,2-4H3,(H,30,33). The molecule has 2 aliphatic rings. The minimum Gasteiger partial charge on any atom is -0.458 e. The summed E-state index contributed by atoms with van der Waals surface area (Å²) < 4.78 is 5.46. The number of fused-ring (bicyclic) bond motifs is 1. The number of carbonyl (C=O) groups is 2. The Morgan fingerprint density at radius 3 is 2.81 bits per heavy atom. The van der Waals surface area contributed by atoms with Gasteiger partial charge in [-0.3, -0.25) is 9.78 Å². The molecule has 4 rings (SSSR count). The second-order valence-electron chi connectivity index (χ2n) is 8.74. The van der Waals surface area contributed by atoms with Crippen molar-refractivity contribution in [2.24, 2.45) is 4.99 Å². The smallest absolute Gasteiger partial charge is 0.338 e. The van der Waals surface area contributed by atoms with Crippen molar-refractivity contribution < 1.29 is 14.3 Å². The van der Waals surface area contributed by atoms with Crippen LogP contribution in [0.1, 0.15) is 41.8 Å². The molecule has 8 heteroatoms. The number of hydrogen-bond acceptors (Lipinski definition) is 7. The van der Waals surface area contributed by atoms with E-state index < -0.39 is 12.0 Å². The molecule has 1 atom stereocenters. The molecular formula is C28H30N4O3S. The van der Waals surface area contributed by atoms with Crippen molar-refractivity contribution in [3.05, 3.63) is 100 Å². The van der Waals surface area contributed by atoms with Gasteiger partial charge in [-0.1, -0.05) is 54.2 Å². The molecule has 0 saturated carbocycles. The number of amides is 1. The van der Waals surface area contributed by atoms with Crippen molar-refractivity contribution in [2.75, 3.05) is 13.2 Å². The number of amidine groups is 1. The summed E-state index contributed by atoms with van der Waals surface area (Å²) in [7, 11) is 0. The first-order chi connectivity index (χ1) is 17.4. The minimum atomic E-state index is -0.447. The zero-order valence-corrected chi connectivity index (χ0v) is 21.6. The summed E-state index contributed by atoms with van der Waals surface area (Å²) in [6.45, 7) is 10.1. The lowest BCUT2D eigenvalue weighted by Gasteiger charge is -2.37. The molecule has 0 fully saturated rings. The third-order valence-electron chi connectivity index (χ3n) is 6.05. The third kappa shape index (κ3) is 5.60. The summed E-state index contributed by atoms with van der Waals surface area (Å²) in [5.74, 6) is -0.530. The number of carbonyl (C=O) groups excluding carboxylic acids is 2. The molecule has 1 aromatic carbocycles. The number of nitrogens with zero attached hydrogens (tertiary/aromatic N) is 3. The van der Waals surface area contributed by atoms with Crippen LogP contribution in [0.2, 0.25) is 0 Å². The number of nitrogens with one attached hydrogen (secondary N) is 1. The normalized spacial score (nSPS) is 16.8. The molecule has 0 radical (unpaired) electrons. The summed E-state index contributed by atoms with van der Waals surface area (Å²) >= 11 is 1.46. The summed E-state index contributed by atoms with van der Waals surface area (Å²) in [5, 5.41) is 5.68. The molecule has 0 spiro atoms. The highest BCUT2D eigenvalue weighted by Gasteiger charge is 2.41. The average molecular weight is 503 g/mol. The number of pyridine rings is 1. The minimum absolute atomic E-state index is 0.0965. The van der Waals surface area contributed by atoms with Gasteiger partial charge in [0, 0.05) is 30.6 Å². The second-order valence-corrected chi connectivity index (χ2v) is 9.57. The van der Waals surface area contributed by atoms with E-state index in [2.05, 4.69) is 29.0 Å². The Balaban J connectivity index is 1.59. The molecule has 1 unspecified atom stereocenters. The van der Waals surface area contributed by atoms with Crippen LogP contribution in [0.15, 0.2) is 82.6 Å². The number of allylic oxidation sites excluding steroid dienone is 1. The van der Waals surface area contributed by atoms with Crippen LogP contribution in [0.5, 0.6) is 0 Å². The van der Waals surface area contributed by atoms with E-state index in [1.54, 1.807) is 12.3 Å². The number of aryl methyl sites for hydroxylation is 2. The number of ether oxygens (including phenoxy) is 1. The Hall–Kier alpha value is -3.65. The molecular weight excluding hydrogens is 472 g/mol. The van der Waals surface area contributed by atoms with Crippen LogP contribution < -0.4 is 5.32 Å². The highest BCUT2D eigenvalue weighted by molar-refractivity contribution is 8.16. The Labute approximate surface area is 216 Å². The first kappa shape index (κ1) is 25.4. The maximum atomic E-state index is 13.2. The number of aromatic nitrogens is 1. The van der Waals surface area contributed by atoms with Crippen LogP contribution in [0.4, 0.5) is 0 Å². The van der Waals surface area contributed by atoms with Crippen molar-refractivity contribution in [1.82, 2.24) is 15.2 Å².